The van der Waals surface area contributed by atoms with Gasteiger partial charge in [0.25, 0.3) is 0 Å². The Morgan fingerprint density at radius 2 is 2.21 bits per heavy atom. The Balaban J connectivity index is 2.45. The van der Waals surface area contributed by atoms with Gasteiger partial charge in [-0.05, 0) is 24.4 Å². The van der Waals surface area contributed by atoms with Gasteiger partial charge in [-0.1, -0.05) is 18.2 Å². The first-order valence-electron chi connectivity index (χ1n) is 4.77. The van der Waals surface area contributed by atoms with Crippen LogP contribution in [0.15, 0.2) is 30.5 Å². The van der Waals surface area contributed by atoms with E-state index in [1.165, 1.54) is 0 Å². The summed E-state index contributed by atoms with van der Waals surface area (Å²) >= 11 is 0. The van der Waals surface area contributed by atoms with Crippen LogP contribution >= 0.6 is 0 Å². The molecule has 1 aromatic carbocycles. The van der Waals surface area contributed by atoms with Crippen molar-refractivity contribution in [1.29, 1.82) is 0 Å². The first-order chi connectivity index (χ1) is 6.83. The minimum atomic E-state index is -0.470. The Kier molecular flexibility index (Phi) is 2.52. The van der Waals surface area contributed by atoms with Gasteiger partial charge in [0.2, 0.25) is 0 Å². The second kappa shape index (κ2) is 3.82. The second-order valence-corrected chi connectivity index (χ2v) is 3.38. The summed E-state index contributed by atoms with van der Waals surface area (Å²) in [5.74, 6) is 0. The lowest BCUT2D eigenvalue weighted by Gasteiger charge is -2.10. The number of fused-ring (bicyclic) bond motifs is 1. The molecule has 0 radical (unpaired) electrons. The summed E-state index contributed by atoms with van der Waals surface area (Å²) in [6.07, 6.45) is 2.00. The molecule has 0 saturated heterocycles. The van der Waals surface area contributed by atoms with Gasteiger partial charge in [0.05, 0.1) is 11.6 Å². The molecule has 2 rings (SSSR count). The molecule has 0 fully saturated rings. The molecule has 1 aromatic heterocycles. The normalized spacial score (nSPS) is 13.3. The number of aliphatic hydroxyl groups is 1. The van der Waals surface area contributed by atoms with Gasteiger partial charge < -0.3 is 15.8 Å². The van der Waals surface area contributed by atoms with E-state index < -0.39 is 6.10 Å². The van der Waals surface area contributed by atoms with Crippen molar-refractivity contribution in [3.63, 3.8) is 0 Å². The van der Waals surface area contributed by atoms with Gasteiger partial charge in [0.1, 0.15) is 0 Å². The van der Waals surface area contributed by atoms with Gasteiger partial charge in [-0.2, -0.15) is 0 Å². The van der Waals surface area contributed by atoms with Crippen molar-refractivity contribution in [1.82, 2.24) is 4.98 Å². The molecule has 3 heteroatoms. The van der Waals surface area contributed by atoms with Gasteiger partial charge in [-0.25, -0.2) is 0 Å². The third-order valence-electron chi connectivity index (χ3n) is 2.42. The minimum absolute atomic E-state index is 0.470. The number of hydrogen-bond acceptors (Lipinski definition) is 2. The van der Waals surface area contributed by atoms with Crippen LogP contribution in [0.25, 0.3) is 10.9 Å². The molecule has 4 N–H and O–H groups in total. The van der Waals surface area contributed by atoms with E-state index in [4.69, 9.17) is 5.73 Å². The van der Waals surface area contributed by atoms with Crippen LogP contribution in [0.2, 0.25) is 0 Å². The van der Waals surface area contributed by atoms with E-state index in [-0.39, 0.29) is 0 Å². The van der Waals surface area contributed by atoms with Crippen LogP contribution in [-0.2, 0) is 0 Å². The maximum absolute atomic E-state index is 9.84. The van der Waals surface area contributed by atoms with Gasteiger partial charge >= 0.3 is 0 Å². The Bertz CT molecular complexity index is 422. The summed E-state index contributed by atoms with van der Waals surface area (Å²) in [5.41, 5.74) is 7.35. The van der Waals surface area contributed by atoms with Crippen LogP contribution < -0.4 is 5.73 Å². The third-order valence-corrected chi connectivity index (χ3v) is 2.42. The van der Waals surface area contributed by atoms with Crippen molar-refractivity contribution in [2.45, 2.75) is 12.5 Å². The Labute approximate surface area is 82.6 Å². The van der Waals surface area contributed by atoms with Gasteiger partial charge in [0, 0.05) is 11.8 Å². The fourth-order valence-corrected chi connectivity index (χ4v) is 1.70. The maximum Gasteiger partial charge on any atom is 0.0822 e. The molecule has 0 aliphatic carbocycles. The van der Waals surface area contributed by atoms with Crippen molar-refractivity contribution >= 4 is 10.9 Å². The molecule has 0 aliphatic heterocycles. The highest BCUT2D eigenvalue weighted by molar-refractivity contribution is 5.82. The zero-order valence-electron chi connectivity index (χ0n) is 7.90. The van der Waals surface area contributed by atoms with Crippen LogP contribution in [0.4, 0.5) is 0 Å². The standard InChI is InChI=1S/C11H14N2O/c12-6-4-10(14)9-3-1-2-8-5-7-13-11(8)9/h1-3,5,7,10,13-14H,4,6,12H2. The second-order valence-electron chi connectivity index (χ2n) is 3.38. The molecule has 1 unspecified atom stereocenters. The van der Waals surface area contributed by atoms with E-state index >= 15 is 0 Å². The number of hydrogen-bond donors (Lipinski definition) is 3. The molecule has 1 heterocycles. The summed E-state index contributed by atoms with van der Waals surface area (Å²) in [6.45, 7) is 0.498. The predicted molar refractivity (Wildman–Crippen MR) is 56.9 cm³/mol. The number of para-hydroxylation sites is 1. The zero-order valence-corrected chi connectivity index (χ0v) is 7.90. The molecule has 0 spiro atoms. The number of benzene rings is 1. The van der Waals surface area contributed by atoms with Crippen molar-refractivity contribution < 1.29 is 5.11 Å². The van der Waals surface area contributed by atoms with Crippen molar-refractivity contribution in [2.24, 2.45) is 5.73 Å². The molecule has 0 saturated carbocycles. The summed E-state index contributed by atoms with van der Waals surface area (Å²) in [6, 6.07) is 7.89. The van der Waals surface area contributed by atoms with Crippen molar-refractivity contribution in [2.75, 3.05) is 6.54 Å². The number of aliphatic hydroxyl groups excluding tert-OH is 1. The lowest BCUT2D eigenvalue weighted by Crippen LogP contribution is -2.06. The lowest BCUT2D eigenvalue weighted by molar-refractivity contribution is 0.171. The first-order valence-corrected chi connectivity index (χ1v) is 4.77. The van der Waals surface area contributed by atoms with Crippen molar-refractivity contribution in [3.05, 3.63) is 36.0 Å². The van der Waals surface area contributed by atoms with E-state index in [9.17, 15) is 5.11 Å². The van der Waals surface area contributed by atoms with Crippen LogP contribution in [-0.4, -0.2) is 16.6 Å². The highest BCUT2D eigenvalue weighted by Gasteiger charge is 2.10. The average molecular weight is 190 g/mol. The number of H-pyrrole nitrogens is 1. The van der Waals surface area contributed by atoms with Crippen LogP contribution in [0.1, 0.15) is 18.1 Å². The van der Waals surface area contributed by atoms with Crippen LogP contribution in [0.3, 0.4) is 0 Å². The maximum atomic E-state index is 9.84. The SMILES string of the molecule is NCCC(O)c1cccc2cc[nH]c12. The predicted octanol–water partition coefficient (Wildman–Crippen LogP) is 1.55. The third kappa shape index (κ3) is 1.52. The molecule has 0 amide bonds. The van der Waals surface area contributed by atoms with E-state index in [0.717, 1.165) is 16.5 Å². The Hall–Kier alpha value is -1.32. The molecule has 0 aliphatic rings. The lowest BCUT2D eigenvalue weighted by atomic mass is 10.0. The number of rotatable bonds is 3. The minimum Gasteiger partial charge on any atom is -0.388 e. The highest BCUT2D eigenvalue weighted by atomic mass is 16.3. The summed E-state index contributed by atoms with van der Waals surface area (Å²) in [7, 11) is 0. The van der Waals surface area contributed by atoms with E-state index in [0.29, 0.717) is 13.0 Å². The molecular formula is C11H14N2O. The van der Waals surface area contributed by atoms with E-state index in [1.54, 1.807) is 0 Å². The molecule has 0 bridgehead atoms. The molecule has 3 nitrogen and oxygen atoms in total. The number of nitrogens with one attached hydrogen (secondary N) is 1. The topological polar surface area (TPSA) is 62.0 Å². The highest BCUT2D eigenvalue weighted by Crippen LogP contribution is 2.24. The first kappa shape index (κ1) is 9.24. The van der Waals surface area contributed by atoms with E-state index in [1.807, 2.05) is 30.5 Å². The quantitative estimate of drug-likeness (QED) is 0.687. The largest absolute Gasteiger partial charge is 0.388 e. The van der Waals surface area contributed by atoms with Crippen LogP contribution in [0.5, 0.6) is 0 Å². The molecular weight excluding hydrogens is 176 g/mol. The Morgan fingerprint density at radius 1 is 1.36 bits per heavy atom. The van der Waals surface area contributed by atoms with Crippen molar-refractivity contribution in [3.8, 4) is 0 Å². The monoisotopic (exact) mass is 190 g/mol. The Morgan fingerprint density at radius 3 is 3.00 bits per heavy atom. The van der Waals surface area contributed by atoms with Gasteiger partial charge in [-0.3, -0.25) is 0 Å². The number of nitrogens with two attached hydrogens (primary N) is 1. The smallest absolute Gasteiger partial charge is 0.0822 e. The summed E-state index contributed by atoms with van der Waals surface area (Å²) in [4.78, 5) is 3.13. The number of aromatic nitrogens is 1. The fourth-order valence-electron chi connectivity index (χ4n) is 1.70. The zero-order chi connectivity index (χ0) is 9.97. The van der Waals surface area contributed by atoms with E-state index in [2.05, 4.69) is 4.98 Å². The van der Waals surface area contributed by atoms with Gasteiger partial charge in [-0.15, -0.1) is 0 Å². The van der Waals surface area contributed by atoms with Gasteiger partial charge in [0.15, 0.2) is 0 Å². The molecule has 74 valence electrons. The van der Waals surface area contributed by atoms with Crippen LogP contribution in [0, 0.1) is 0 Å². The molecule has 1 atom stereocenters. The fraction of sp³-hybridized carbons (Fsp3) is 0.273. The summed E-state index contributed by atoms with van der Waals surface area (Å²) in [5, 5.41) is 11.0. The molecule has 2 aromatic rings. The summed E-state index contributed by atoms with van der Waals surface area (Å²) < 4.78 is 0. The average Bonchev–Trinajstić information content (AvgIpc) is 2.65. The molecule has 14 heavy (non-hydrogen) atoms. The number of aromatic amines is 1.